The smallest absolute Gasteiger partial charge is 0.0911 e. The molecule has 0 saturated carbocycles. The van der Waals surface area contributed by atoms with E-state index in [2.05, 4.69) is 32.0 Å². The van der Waals surface area contributed by atoms with Gasteiger partial charge in [-0.2, -0.15) is 0 Å². The molecule has 0 heterocycles. The van der Waals surface area contributed by atoms with Crippen LogP contribution in [0.1, 0.15) is 44.4 Å². The summed E-state index contributed by atoms with van der Waals surface area (Å²) in [6.45, 7) is 12.1. The van der Waals surface area contributed by atoms with Gasteiger partial charge in [0.25, 0.3) is 0 Å². The Morgan fingerprint density at radius 1 is 1.00 bits per heavy atom. The van der Waals surface area contributed by atoms with E-state index in [0.29, 0.717) is 6.61 Å². The van der Waals surface area contributed by atoms with Gasteiger partial charge in [-0.25, -0.2) is 0 Å². The van der Waals surface area contributed by atoms with Crippen molar-refractivity contribution in [3.8, 4) is 0 Å². The summed E-state index contributed by atoms with van der Waals surface area (Å²) in [7, 11) is 0. The number of benzene rings is 1. The second-order valence-electron chi connectivity index (χ2n) is 5.85. The van der Waals surface area contributed by atoms with Gasteiger partial charge in [-0.15, -0.1) is 0 Å². The lowest BCUT2D eigenvalue weighted by atomic mass is 9.89. The first-order chi connectivity index (χ1) is 7.62. The Morgan fingerprint density at radius 3 is 1.88 bits per heavy atom. The van der Waals surface area contributed by atoms with Gasteiger partial charge in [-0.1, -0.05) is 29.3 Å². The van der Waals surface area contributed by atoms with E-state index >= 15 is 0 Å². The average Bonchev–Trinajstić information content (AvgIpc) is 2.11. The van der Waals surface area contributed by atoms with E-state index in [0.717, 1.165) is 5.56 Å². The topological polar surface area (TPSA) is 29.5 Å². The molecule has 0 radical (unpaired) electrons. The fraction of sp³-hybridized carbons (Fsp3) is 0.600. The summed E-state index contributed by atoms with van der Waals surface area (Å²) in [5, 5.41) is 10.0. The molecule has 0 saturated heterocycles. The monoisotopic (exact) mass is 236 g/mol. The van der Waals surface area contributed by atoms with Crippen LogP contribution in [0, 0.1) is 13.8 Å². The lowest BCUT2D eigenvalue weighted by molar-refractivity contribution is -0.153. The SMILES string of the molecule is Cc1cc(C)cc(COC(C)(C)C(C)(C)O)c1. The maximum Gasteiger partial charge on any atom is 0.0911 e. The summed E-state index contributed by atoms with van der Waals surface area (Å²) in [6.07, 6.45) is 0. The van der Waals surface area contributed by atoms with Crippen LogP contribution in [0.5, 0.6) is 0 Å². The van der Waals surface area contributed by atoms with Gasteiger partial charge in [0.15, 0.2) is 0 Å². The number of ether oxygens (including phenoxy) is 1. The third kappa shape index (κ3) is 3.83. The van der Waals surface area contributed by atoms with E-state index in [9.17, 15) is 5.11 Å². The normalized spacial score (nSPS) is 12.9. The zero-order valence-electron chi connectivity index (χ0n) is 11.8. The number of aliphatic hydroxyl groups is 1. The average molecular weight is 236 g/mol. The molecule has 0 fully saturated rings. The Kier molecular flexibility index (Phi) is 4.00. The molecule has 0 aliphatic heterocycles. The van der Waals surface area contributed by atoms with Crippen molar-refractivity contribution in [2.75, 3.05) is 0 Å². The van der Waals surface area contributed by atoms with Crippen molar-refractivity contribution >= 4 is 0 Å². The predicted octanol–water partition coefficient (Wildman–Crippen LogP) is 3.37. The molecule has 0 bridgehead atoms. The fourth-order valence-electron chi connectivity index (χ4n) is 1.59. The summed E-state index contributed by atoms with van der Waals surface area (Å²) in [6, 6.07) is 6.38. The molecule has 2 heteroatoms. The highest BCUT2D eigenvalue weighted by Crippen LogP contribution is 2.26. The van der Waals surface area contributed by atoms with Crippen molar-refractivity contribution in [3.05, 3.63) is 34.9 Å². The molecule has 1 N–H and O–H groups in total. The van der Waals surface area contributed by atoms with Gasteiger partial charge >= 0.3 is 0 Å². The van der Waals surface area contributed by atoms with Crippen LogP contribution in [0.3, 0.4) is 0 Å². The Hall–Kier alpha value is -0.860. The van der Waals surface area contributed by atoms with Crippen LogP contribution in [-0.2, 0) is 11.3 Å². The maximum absolute atomic E-state index is 10.0. The molecule has 0 unspecified atom stereocenters. The van der Waals surface area contributed by atoms with Crippen LogP contribution in [-0.4, -0.2) is 16.3 Å². The maximum atomic E-state index is 10.0. The summed E-state index contributed by atoms with van der Waals surface area (Å²) in [4.78, 5) is 0. The molecule has 0 aromatic heterocycles. The summed E-state index contributed by atoms with van der Waals surface area (Å²) in [5.74, 6) is 0. The highest BCUT2D eigenvalue weighted by Gasteiger charge is 2.35. The van der Waals surface area contributed by atoms with E-state index in [4.69, 9.17) is 4.74 Å². The van der Waals surface area contributed by atoms with Gasteiger partial charge in [0.1, 0.15) is 0 Å². The van der Waals surface area contributed by atoms with Gasteiger partial charge in [-0.05, 0) is 47.1 Å². The number of aryl methyl sites for hydroxylation is 2. The molecule has 0 atom stereocenters. The van der Waals surface area contributed by atoms with Gasteiger partial charge in [-0.3, -0.25) is 0 Å². The molecule has 1 aromatic carbocycles. The molecular formula is C15H24O2. The molecule has 0 spiro atoms. The minimum Gasteiger partial charge on any atom is -0.387 e. The molecular weight excluding hydrogens is 212 g/mol. The Bertz CT molecular complexity index is 366. The van der Waals surface area contributed by atoms with E-state index in [1.165, 1.54) is 11.1 Å². The third-order valence-electron chi connectivity index (χ3n) is 3.35. The zero-order chi connectivity index (χ0) is 13.3. The summed E-state index contributed by atoms with van der Waals surface area (Å²) < 4.78 is 5.84. The predicted molar refractivity (Wildman–Crippen MR) is 71.1 cm³/mol. The van der Waals surface area contributed by atoms with Crippen LogP contribution in [0.25, 0.3) is 0 Å². The van der Waals surface area contributed by atoms with Crippen LogP contribution in [0.15, 0.2) is 18.2 Å². The quantitative estimate of drug-likeness (QED) is 0.868. The van der Waals surface area contributed by atoms with Crippen LogP contribution in [0.2, 0.25) is 0 Å². The fourth-order valence-corrected chi connectivity index (χ4v) is 1.59. The second-order valence-corrected chi connectivity index (χ2v) is 5.85. The van der Waals surface area contributed by atoms with E-state index < -0.39 is 11.2 Å². The lowest BCUT2D eigenvalue weighted by Crippen LogP contribution is -2.47. The van der Waals surface area contributed by atoms with Crippen LogP contribution < -0.4 is 0 Å². The number of hydrogen-bond donors (Lipinski definition) is 1. The minimum absolute atomic E-state index is 0.527. The van der Waals surface area contributed by atoms with Crippen molar-refractivity contribution in [3.63, 3.8) is 0 Å². The molecule has 17 heavy (non-hydrogen) atoms. The first-order valence-corrected chi connectivity index (χ1v) is 6.05. The summed E-state index contributed by atoms with van der Waals surface area (Å²) in [5.41, 5.74) is 2.21. The van der Waals surface area contributed by atoms with Crippen LogP contribution in [0.4, 0.5) is 0 Å². The Balaban J connectivity index is 2.74. The molecule has 1 rings (SSSR count). The van der Waals surface area contributed by atoms with E-state index in [1.807, 2.05) is 13.8 Å². The van der Waals surface area contributed by atoms with Crippen molar-refractivity contribution in [2.24, 2.45) is 0 Å². The van der Waals surface area contributed by atoms with E-state index in [1.54, 1.807) is 13.8 Å². The van der Waals surface area contributed by atoms with Gasteiger partial charge in [0.05, 0.1) is 17.8 Å². The van der Waals surface area contributed by atoms with E-state index in [-0.39, 0.29) is 0 Å². The van der Waals surface area contributed by atoms with Crippen molar-refractivity contribution in [2.45, 2.75) is 59.4 Å². The molecule has 96 valence electrons. The second kappa shape index (κ2) is 4.79. The first kappa shape index (κ1) is 14.2. The van der Waals surface area contributed by atoms with Crippen molar-refractivity contribution < 1.29 is 9.84 Å². The molecule has 0 amide bonds. The van der Waals surface area contributed by atoms with Gasteiger partial charge in [0, 0.05) is 0 Å². The summed E-state index contributed by atoms with van der Waals surface area (Å²) >= 11 is 0. The molecule has 0 aliphatic rings. The van der Waals surface area contributed by atoms with Gasteiger partial charge in [0.2, 0.25) is 0 Å². The highest BCUT2D eigenvalue weighted by atomic mass is 16.5. The minimum atomic E-state index is -0.855. The van der Waals surface area contributed by atoms with Gasteiger partial charge < -0.3 is 9.84 Å². The molecule has 2 nitrogen and oxygen atoms in total. The lowest BCUT2D eigenvalue weighted by Gasteiger charge is -2.37. The zero-order valence-corrected chi connectivity index (χ0v) is 11.8. The largest absolute Gasteiger partial charge is 0.387 e. The Labute approximate surface area is 105 Å². The first-order valence-electron chi connectivity index (χ1n) is 6.05. The third-order valence-corrected chi connectivity index (χ3v) is 3.35. The van der Waals surface area contributed by atoms with Crippen LogP contribution >= 0.6 is 0 Å². The number of rotatable bonds is 4. The molecule has 1 aromatic rings. The highest BCUT2D eigenvalue weighted by molar-refractivity contribution is 5.28. The van der Waals surface area contributed by atoms with Crippen molar-refractivity contribution in [1.82, 2.24) is 0 Å². The number of hydrogen-bond acceptors (Lipinski definition) is 2. The standard InChI is InChI=1S/C15H24O2/c1-11-7-12(2)9-13(8-11)10-17-15(5,6)14(3,4)16/h7-9,16H,10H2,1-6H3. The van der Waals surface area contributed by atoms with Crippen molar-refractivity contribution in [1.29, 1.82) is 0 Å². The Morgan fingerprint density at radius 2 is 1.47 bits per heavy atom. The molecule has 0 aliphatic carbocycles.